The first kappa shape index (κ1) is 15.4. The molecule has 0 saturated carbocycles. The molecule has 3 aromatic rings. The minimum absolute atomic E-state index is 0.0961. The van der Waals surface area contributed by atoms with Crippen LogP contribution in [0.3, 0.4) is 0 Å². The molecule has 2 aromatic carbocycles. The summed E-state index contributed by atoms with van der Waals surface area (Å²) in [6.07, 6.45) is 3.38. The summed E-state index contributed by atoms with van der Waals surface area (Å²) in [6.45, 7) is 0.551. The van der Waals surface area contributed by atoms with Gasteiger partial charge < -0.3 is 4.90 Å². The van der Waals surface area contributed by atoms with Crippen molar-refractivity contribution in [1.82, 2.24) is 20.2 Å². The second-order valence-corrected chi connectivity index (χ2v) is 5.99. The third-order valence-corrected chi connectivity index (χ3v) is 4.37. The topological polar surface area (TPSA) is 63.9 Å². The van der Waals surface area contributed by atoms with Crippen LogP contribution in [0.15, 0.2) is 48.8 Å². The van der Waals surface area contributed by atoms with Gasteiger partial charge in [-0.1, -0.05) is 24.3 Å². The maximum absolute atomic E-state index is 14.2. The van der Waals surface area contributed by atoms with E-state index < -0.39 is 0 Å². The molecule has 7 heteroatoms. The Balaban J connectivity index is 1.53. The minimum Gasteiger partial charge on any atom is -0.309 e. The Kier molecular flexibility index (Phi) is 3.97. The maximum atomic E-state index is 14.2. The second-order valence-electron chi connectivity index (χ2n) is 5.99. The molecule has 0 spiro atoms. The fourth-order valence-electron chi connectivity index (χ4n) is 3.17. The molecule has 0 aliphatic carbocycles. The van der Waals surface area contributed by atoms with Crippen molar-refractivity contribution in [2.24, 2.45) is 0 Å². The Hall–Kier alpha value is -3.09. The number of amides is 1. The molecule has 0 saturated heterocycles. The van der Waals surface area contributed by atoms with Crippen molar-refractivity contribution < 1.29 is 9.18 Å². The molecule has 25 heavy (non-hydrogen) atoms. The van der Waals surface area contributed by atoms with E-state index in [9.17, 15) is 9.18 Å². The Morgan fingerprint density at radius 2 is 2.00 bits per heavy atom. The lowest BCUT2D eigenvalue weighted by Gasteiger charge is -2.30. The largest absolute Gasteiger partial charge is 0.309 e. The highest BCUT2D eigenvalue weighted by Crippen LogP contribution is 2.30. The molecule has 0 atom stereocenters. The van der Waals surface area contributed by atoms with Crippen molar-refractivity contribution in [3.63, 3.8) is 0 Å². The summed E-state index contributed by atoms with van der Waals surface area (Å²) in [4.78, 5) is 14.3. The molecular formula is C18H16FN5O. The zero-order valence-corrected chi connectivity index (χ0v) is 13.5. The van der Waals surface area contributed by atoms with E-state index >= 15 is 0 Å². The lowest BCUT2D eigenvalue weighted by atomic mass is 10.0. The van der Waals surface area contributed by atoms with Crippen LogP contribution in [0.2, 0.25) is 0 Å². The van der Waals surface area contributed by atoms with Gasteiger partial charge in [0, 0.05) is 6.54 Å². The van der Waals surface area contributed by atoms with Gasteiger partial charge in [-0.15, -0.1) is 5.10 Å². The van der Waals surface area contributed by atoms with E-state index in [1.807, 2.05) is 30.3 Å². The Morgan fingerprint density at radius 3 is 2.76 bits per heavy atom. The number of tetrazole rings is 1. The lowest BCUT2D eigenvalue weighted by Crippen LogP contribution is -2.37. The number of carbonyl (C=O) groups excluding carboxylic acids is 1. The van der Waals surface area contributed by atoms with E-state index in [2.05, 4.69) is 15.5 Å². The van der Waals surface area contributed by atoms with Gasteiger partial charge >= 0.3 is 0 Å². The molecule has 1 amide bonds. The van der Waals surface area contributed by atoms with Gasteiger partial charge in [-0.3, -0.25) is 4.79 Å². The summed E-state index contributed by atoms with van der Waals surface area (Å²) < 4.78 is 15.8. The van der Waals surface area contributed by atoms with Crippen molar-refractivity contribution in [2.45, 2.75) is 19.3 Å². The highest BCUT2D eigenvalue weighted by Gasteiger charge is 2.25. The fourth-order valence-corrected chi connectivity index (χ4v) is 3.17. The number of anilines is 1. The van der Waals surface area contributed by atoms with Crippen molar-refractivity contribution in [3.8, 4) is 5.69 Å². The first-order valence-electron chi connectivity index (χ1n) is 8.12. The number of benzene rings is 2. The number of nitrogens with zero attached hydrogens (tertiary/aromatic N) is 5. The van der Waals surface area contributed by atoms with Crippen LogP contribution in [0.4, 0.5) is 10.1 Å². The van der Waals surface area contributed by atoms with Crippen LogP contribution >= 0.6 is 0 Å². The predicted octanol–water partition coefficient (Wildman–Crippen LogP) is 2.32. The van der Waals surface area contributed by atoms with Crippen molar-refractivity contribution in [3.05, 3.63) is 65.7 Å². The van der Waals surface area contributed by atoms with Crippen LogP contribution in [0, 0.1) is 5.82 Å². The van der Waals surface area contributed by atoms with Crippen molar-refractivity contribution in [2.75, 3.05) is 11.4 Å². The number of rotatable bonds is 3. The molecule has 0 N–H and O–H groups in total. The fraction of sp³-hybridized carbons (Fsp3) is 0.222. The maximum Gasteiger partial charge on any atom is 0.231 e. The van der Waals surface area contributed by atoms with Crippen LogP contribution in [0.25, 0.3) is 5.69 Å². The van der Waals surface area contributed by atoms with Crippen LogP contribution in [0.1, 0.15) is 17.5 Å². The molecule has 6 nitrogen and oxygen atoms in total. The zero-order valence-electron chi connectivity index (χ0n) is 13.5. The SMILES string of the molecule is O=C(Cc1ccc(-n2cnnn2)cc1)N1CCCc2cccc(F)c21. The number of hydrogen-bond donors (Lipinski definition) is 0. The number of aryl methyl sites for hydroxylation is 1. The van der Waals surface area contributed by atoms with E-state index in [0.717, 1.165) is 29.7 Å². The summed E-state index contributed by atoms with van der Waals surface area (Å²) in [6, 6.07) is 12.4. The molecule has 2 heterocycles. The molecule has 0 fully saturated rings. The molecule has 0 bridgehead atoms. The van der Waals surface area contributed by atoms with E-state index in [1.54, 1.807) is 15.6 Å². The van der Waals surface area contributed by atoms with Gasteiger partial charge in [-0.05, 0) is 52.6 Å². The Bertz CT molecular complexity index is 892. The predicted molar refractivity (Wildman–Crippen MR) is 89.9 cm³/mol. The third-order valence-electron chi connectivity index (χ3n) is 4.37. The van der Waals surface area contributed by atoms with Gasteiger partial charge in [0.15, 0.2) is 0 Å². The van der Waals surface area contributed by atoms with Crippen LogP contribution in [-0.4, -0.2) is 32.7 Å². The van der Waals surface area contributed by atoms with Crippen molar-refractivity contribution >= 4 is 11.6 Å². The summed E-state index contributed by atoms with van der Waals surface area (Å²) in [5, 5.41) is 11.0. The average molecular weight is 337 g/mol. The Morgan fingerprint density at radius 1 is 1.16 bits per heavy atom. The molecular weight excluding hydrogens is 321 g/mol. The summed E-state index contributed by atoms with van der Waals surface area (Å²) in [5.41, 5.74) is 3.01. The first-order valence-corrected chi connectivity index (χ1v) is 8.12. The number of fused-ring (bicyclic) bond motifs is 1. The minimum atomic E-state index is -0.334. The lowest BCUT2D eigenvalue weighted by molar-refractivity contribution is -0.118. The van der Waals surface area contributed by atoms with Gasteiger partial charge in [0.05, 0.1) is 17.8 Å². The molecule has 0 unspecified atom stereocenters. The molecule has 1 aliphatic rings. The number of halogens is 1. The molecule has 1 aromatic heterocycles. The average Bonchev–Trinajstić information content (AvgIpc) is 3.17. The molecule has 1 aliphatic heterocycles. The van der Waals surface area contributed by atoms with Crippen LogP contribution in [-0.2, 0) is 17.6 Å². The summed E-state index contributed by atoms with van der Waals surface area (Å²) in [7, 11) is 0. The van der Waals surface area contributed by atoms with E-state index in [1.165, 1.54) is 12.4 Å². The summed E-state index contributed by atoms with van der Waals surface area (Å²) >= 11 is 0. The Labute approximate surface area is 143 Å². The second kappa shape index (κ2) is 6.43. The van der Waals surface area contributed by atoms with Gasteiger partial charge in [0.2, 0.25) is 5.91 Å². The number of hydrogen-bond acceptors (Lipinski definition) is 4. The van der Waals surface area contributed by atoms with Gasteiger partial charge in [0.25, 0.3) is 0 Å². The zero-order chi connectivity index (χ0) is 17.2. The smallest absolute Gasteiger partial charge is 0.231 e. The van der Waals surface area contributed by atoms with Crippen LogP contribution < -0.4 is 4.90 Å². The number of para-hydroxylation sites is 1. The monoisotopic (exact) mass is 337 g/mol. The third kappa shape index (κ3) is 3.00. The molecule has 4 rings (SSSR count). The number of carbonyl (C=O) groups is 1. The highest BCUT2D eigenvalue weighted by atomic mass is 19.1. The normalized spacial score (nSPS) is 13.6. The standard InChI is InChI=1S/C18H16FN5O/c19-16-5-1-3-14-4-2-10-23(18(14)16)17(25)11-13-6-8-15(9-7-13)24-12-20-21-22-24/h1,3,5-9,12H,2,4,10-11H2. The van der Waals surface area contributed by atoms with Gasteiger partial charge in [-0.25, -0.2) is 9.07 Å². The quantitative estimate of drug-likeness (QED) is 0.736. The molecule has 126 valence electrons. The van der Waals surface area contributed by atoms with Crippen molar-refractivity contribution in [1.29, 1.82) is 0 Å². The first-order chi connectivity index (χ1) is 12.2. The van der Waals surface area contributed by atoms with E-state index in [-0.39, 0.29) is 18.1 Å². The van der Waals surface area contributed by atoms with E-state index in [4.69, 9.17) is 0 Å². The molecule has 0 radical (unpaired) electrons. The summed E-state index contributed by atoms with van der Waals surface area (Å²) in [5.74, 6) is -0.430. The van der Waals surface area contributed by atoms with E-state index in [0.29, 0.717) is 12.2 Å². The van der Waals surface area contributed by atoms with Gasteiger partial charge in [-0.2, -0.15) is 0 Å². The number of aromatic nitrogens is 4. The highest BCUT2D eigenvalue weighted by molar-refractivity contribution is 5.96. The van der Waals surface area contributed by atoms with Crippen LogP contribution in [0.5, 0.6) is 0 Å². The van der Waals surface area contributed by atoms with Gasteiger partial charge in [0.1, 0.15) is 12.1 Å².